The fraction of sp³-hybridized carbons (Fsp3) is 0.190. The molecule has 7 nitrogen and oxygen atoms in total. The van der Waals surface area contributed by atoms with E-state index in [1.54, 1.807) is 24.4 Å². The number of ether oxygens (including phenoxy) is 2. The number of nitrogens with one attached hydrogen (secondary N) is 1. The minimum Gasteiger partial charge on any atom is -0.457 e. The zero-order valence-corrected chi connectivity index (χ0v) is 15.2. The zero-order chi connectivity index (χ0) is 19.2. The van der Waals surface area contributed by atoms with Crippen LogP contribution in [0.2, 0.25) is 0 Å². The molecule has 0 aliphatic carbocycles. The minimum atomic E-state index is -0.284. The summed E-state index contributed by atoms with van der Waals surface area (Å²) in [5, 5.41) is 2.85. The van der Waals surface area contributed by atoms with E-state index in [1.165, 1.54) is 0 Å². The highest BCUT2D eigenvalue weighted by Gasteiger charge is 2.16. The lowest BCUT2D eigenvalue weighted by Gasteiger charge is -2.26. The molecular formula is C21H20N4O3. The van der Waals surface area contributed by atoms with Crippen LogP contribution in [-0.4, -0.2) is 42.2 Å². The SMILES string of the molecule is O=C(Nc1ccc(Oc2ccccc2)cc1)c1ccnc(N2CCOCC2)n1. The Balaban J connectivity index is 1.40. The van der Waals surface area contributed by atoms with E-state index in [9.17, 15) is 4.79 Å². The number of rotatable bonds is 5. The van der Waals surface area contributed by atoms with Gasteiger partial charge in [0.2, 0.25) is 5.95 Å². The van der Waals surface area contributed by atoms with Crippen LogP contribution in [0, 0.1) is 0 Å². The predicted octanol–water partition coefficient (Wildman–Crippen LogP) is 3.36. The molecule has 0 bridgehead atoms. The maximum absolute atomic E-state index is 12.5. The molecule has 1 aliphatic rings. The maximum atomic E-state index is 12.5. The maximum Gasteiger partial charge on any atom is 0.274 e. The van der Waals surface area contributed by atoms with Gasteiger partial charge in [0.25, 0.3) is 5.91 Å². The van der Waals surface area contributed by atoms with E-state index in [0.29, 0.717) is 49.4 Å². The van der Waals surface area contributed by atoms with Crippen LogP contribution in [-0.2, 0) is 4.74 Å². The molecule has 1 aromatic heterocycles. The van der Waals surface area contributed by atoms with Crippen molar-refractivity contribution in [3.05, 3.63) is 72.6 Å². The van der Waals surface area contributed by atoms with Crippen molar-refractivity contribution >= 4 is 17.5 Å². The second-order valence-corrected chi connectivity index (χ2v) is 6.23. The standard InChI is InChI=1S/C21H20N4O3/c26-20(19-10-11-22-21(24-19)25-12-14-27-15-13-25)23-16-6-8-18(9-7-16)28-17-4-2-1-3-5-17/h1-11H,12-15H2,(H,23,26). The van der Waals surface area contributed by atoms with Crippen molar-refractivity contribution in [3.63, 3.8) is 0 Å². The first-order valence-electron chi connectivity index (χ1n) is 9.08. The normalized spacial score (nSPS) is 13.8. The number of hydrogen-bond acceptors (Lipinski definition) is 6. The van der Waals surface area contributed by atoms with Crippen molar-refractivity contribution in [2.45, 2.75) is 0 Å². The summed E-state index contributed by atoms with van der Waals surface area (Å²) in [6.07, 6.45) is 1.60. The summed E-state index contributed by atoms with van der Waals surface area (Å²) in [5.41, 5.74) is 0.984. The predicted molar refractivity (Wildman–Crippen MR) is 106 cm³/mol. The molecule has 1 saturated heterocycles. The average molecular weight is 376 g/mol. The first-order chi connectivity index (χ1) is 13.8. The van der Waals surface area contributed by atoms with Crippen LogP contribution in [0.1, 0.15) is 10.5 Å². The van der Waals surface area contributed by atoms with E-state index < -0.39 is 0 Å². The van der Waals surface area contributed by atoms with Gasteiger partial charge in [-0.2, -0.15) is 0 Å². The quantitative estimate of drug-likeness (QED) is 0.736. The third-order valence-electron chi connectivity index (χ3n) is 4.26. The molecule has 2 heterocycles. The number of aromatic nitrogens is 2. The molecule has 28 heavy (non-hydrogen) atoms. The van der Waals surface area contributed by atoms with Gasteiger partial charge in [-0.1, -0.05) is 18.2 Å². The van der Waals surface area contributed by atoms with Gasteiger partial charge in [-0.05, 0) is 42.5 Å². The Hall–Kier alpha value is -3.45. The molecule has 0 saturated carbocycles. The number of anilines is 2. The topological polar surface area (TPSA) is 76.6 Å². The number of benzene rings is 2. The van der Waals surface area contributed by atoms with Gasteiger partial charge in [-0.25, -0.2) is 9.97 Å². The fourth-order valence-corrected chi connectivity index (χ4v) is 2.82. The molecule has 4 rings (SSSR count). The van der Waals surface area contributed by atoms with Crippen molar-refractivity contribution in [1.29, 1.82) is 0 Å². The number of carbonyl (C=O) groups excluding carboxylic acids is 1. The molecule has 3 aromatic rings. The molecule has 1 aliphatic heterocycles. The van der Waals surface area contributed by atoms with Crippen molar-refractivity contribution in [2.75, 3.05) is 36.5 Å². The lowest BCUT2D eigenvalue weighted by molar-refractivity contribution is 0.102. The van der Waals surface area contributed by atoms with Gasteiger partial charge < -0.3 is 19.7 Å². The van der Waals surface area contributed by atoms with E-state index in [0.717, 1.165) is 5.75 Å². The Labute approximate surface area is 163 Å². The molecule has 1 amide bonds. The van der Waals surface area contributed by atoms with Crippen molar-refractivity contribution in [2.24, 2.45) is 0 Å². The van der Waals surface area contributed by atoms with Gasteiger partial charge in [0.1, 0.15) is 17.2 Å². The molecular weight excluding hydrogens is 356 g/mol. The van der Waals surface area contributed by atoms with Crippen molar-refractivity contribution in [3.8, 4) is 11.5 Å². The summed E-state index contributed by atoms with van der Waals surface area (Å²) in [4.78, 5) is 23.2. The number of para-hydroxylation sites is 1. The lowest BCUT2D eigenvalue weighted by atomic mass is 10.3. The third-order valence-corrected chi connectivity index (χ3v) is 4.26. The van der Waals surface area contributed by atoms with Crippen molar-refractivity contribution in [1.82, 2.24) is 9.97 Å². The summed E-state index contributed by atoms with van der Waals surface area (Å²) in [6.45, 7) is 2.70. The first-order valence-corrected chi connectivity index (χ1v) is 9.08. The molecule has 2 aromatic carbocycles. The smallest absolute Gasteiger partial charge is 0.274 e. The number of hydrogen-bond donors (Lipinski definition) is 1. The van der Waals surface area contributed by atoms with E-state index in [2.05, 4.69) is 15.3 Å². The van der Waals surface area contributed by atoms with E-state index in [1.807, 2.05) is 47.4 Å². The summed E-state index contributed by atoms with van der Waals surface area (Å²) in [5.74, 6) is 1.72. The van der Waals surface area contributed by atoms with Crippen molar-refractivity contribution < 1.29 is 14.3 Å². The van der Waals surface area contributed by atoms with Gasteiger partial charge in [0.05, 0.1) is 13.2 Å². The Morgan fingerprint density at radius 1 is 0.964 bits per heavy atom. The fourth-order valence-electron chi connectivity index (χ4n) is 2.82. The monoisotopic (exact) mass is 376 g/mol. The number of morpholine rings is 1. The number of amides is 1. The molecule has 0 radical (unpaired) electrons. The van der Waals surface area contributed by atoms with Crippen LogP contribution in [0.25, 0.3) is 0 Å². The summed E-state index contributed by atoms with van der Waals surface area (Å²) < 4.78 is 11.1. The van der Waals surface area contributed by atoms with Gasteiger partial charge in [0, 0.05) is 25.0 Å². The molecule has 0 unspecified atom stereocenters. The van der Waals surface area contributed by atoms with Crippen LogP contribution in [0.4, 0.5) is 11.6 Å². The van der Waals surface area contributed by atoms with E-state index in [4.69, 9.17) is 9.47 Å². The summed E-state index contributed by atoms with van der Waals surface area (Å²) >= 11 is 0. The molecule has 0 spiro atoms. The Morgan fingerprint density at radius 3 is 2.43 bits per heavy atom. The van der Waals surface area contributed by atoms with Crippen LogP contribution in [0.5, 0.6) is 11.5 Å². The van der Waals surface area contributed by atoms with Crippen LogP contribution >= 0.6 is 0 Å². The Morgan fingerprint density at radius 2 is 1.68 bits per heavy atom. The lowest BCUT2D eigenvalue weighted by Crippen LogP contribution is -2.37. The largest absolute Gasteiger partial charge is 0.457 e. The molecule has 7 heteroatoms. The second-order valence-electron chi connectivity index (χ2n) is 6.23. The molecule has 0 atom stereocenters. The number of carbonyl (C=O) groups is 1. The Kier molecular flexibility index (Phi) is 5.44. The van der Waals surface area contributed by atoms with Gasteiger partial charge in [0.15, 0.2) is 0 Å². The Bertz CT molecular complexity index is 926. The minimum absolute atomic E-state index is 0.284. The highest BCUT2D eigenvalue weighted by atomic mass is 16.5. The van der Waals surface area contributed by atoms with E-state index in [-0.39, 0.29) is 5.91 Å². The molecule has 142 valence electrons. The third kappa shape index (κ3) is 4.44. The second kappa shape index (κ2) is 8.49. The summed E-state index contributed by atoms with van der Waals surface area (Å²) in [6, 6.07) is 18.3. The number of nitrogens with zero attached hydrogens (tertiary/aromatic N) is 3. The first kappa shape index (κ1) is 17.9. The summed E-state index contributed by atoms with van der Waals surface area (Å²) in [7, 11) is 0. The molecule has 1 N–H and O–H groups in total. The van der Waals surface area contributed by atoms with Gasteiger partial charge in [-0.3, -0.25) is 4.79 Å². The van der Waals surface area contributed by atoms with Gasteiger partial charge in [-0.15, -0.1) is 0 Å². The van der Waals surface area contributed by atoms with Crippen LogP contribution in [0.3, 0.4) is 0 Å². The van der Waals surface area contributed by atoms with E-state index >= 15 is 0 Å². The highest BCUT2D eigenvalue weighted by molar-refractivity contribution is 6.03. The average Bonchev–Trinajstić information content (AvgIpc) is 2.76. The molecule has 1 fully saturated rings. The highest BCUT2D eigenvalue weighted by Crippen LogP contribution is 2.23. The van der Waals surface area contributed by atoms with Gasteiger partial charge >= 0.3 is 0 Å². The zero-order valence-electron chi connectivity index (χ0n) is 15.2. The van der Waals surface area contributed by atoms with Crippen LogP contribution < -0.4 is 15.0 Å². The van der Waals surface area contributed by atoms with Crippen LogP contribution in [0.15, 0.2) is 66.9 Å².